The van der Waals surface area contributed by atoms with Gasteiger partial charge in [0.1, 0.15) is 0 Å². The zero-order chi connectivity index (χ0) is 10.9. The molecule has 14 heavy (non-hydrogen) atoms. The van der Waals surface area contributed by atoms with Gasteiger partial charge in [-0.05, 0) is 26.0 Å². The summed E-state index contributed by atoms with van der Waals surface area (Å²) in [5.74, 6) is 0.325. The van der Waals surface area contributed by atoms with Crippen LogP contribution in [-0.4, -0.2) is 33.4 Å². The second kappa shape index (κ2) is 4.56. The highest BCUT2D eigenvalue weighted by atomic mass is 32.2. The molecule has 2 nitrogen and oxygen atoms in total. The molecule has 0 bridgehead atoms. The van der Waals surface area contributed by atoms with Crippen molar-refractivity contribution in [1.29, 1.82) is 0 Å². The van der Waals surface area contributed by atoms with Crippen molar-refractivity contribution in [2.24, 2.45) is 0 Å². The average molecular weight is 215 g/mol. The number of rotatable bonds is 3. The summed E-state index contributed by atoms with van der Waals surface area (Å²) < 4.78 is 0. The van der Waals surface area contributed by atoms with E-state index >= 15 is 0 Å². The third-order valence-electron chi connectivity index (χ3n) is 2.64. The molecule has 0 aromatic rings. The molecule has 1 heterocycles. The summed E-state index contributed by atoms with van der Waals surface area (Å²) in [5, 5.41) is 1.10. The maximum atomic E-state index is 11.7. The Hall–Kier alpha value is -0.180. The van der Waals surface area contributed by atoms with Crippen LogP contribution >= 0.6 is 11.8 Å². The predicted molar refractivity (Wildman–Crippen MR) is 62.6 cm³/mol. The van der Waals surface area contributed by atoms with E-state index in [9.17, 15) is 4.79 Å². The Labute approximate surface area is 91.4 Å². The van der Waals surface area contributed by atoms with Gasteiger partial charge in [-0.3, -0.25) is 4.79 Å². The van der Waals surface area contributed by atoms with Gasteiger partial charge in [0.15, 0.2) is 0 Å². The Morgan fingerprint density at radius 3 is 2.29 bits per heavy atom. The normalized spacial score (nSPS) is 28.2. The molecule has 0 aromatic carbocycles. The van der Waals surface area contributed by atoms with Gasteiger partial charge in [-0.1, -0.05) is 13.8 Å². The van der Waals surface area contributed by atoms with Gasteiger partial charge in [0.25, 0.3) is 0 Å². The molecule has 1 aliphatic rings. The van der Waals surface area contributed by atoms with Crippen LogP contribution in [-0.2, 0) is 4.79 Å². The summed E-state index contributed by atoms with van der Waals surface area (Å²) in [6.07, 6.45) is 0.724. The SMILES string of the molecule is CC(C)SC1CC(=O)N(C(C)C)C1C. The zero-order valence-corrected chi connectivity index (χ0v) is 10.6. The molecule has 3 heteroatoms. The van der Waals surface area contributed by atoms with E-state index in [0.29, 0.717) is 28.5 Å². The zero-order valence-electron chi connectivity index (χ0n) is 9.78. The van der Waals surface area contributed by atoms with Gasteiger partial charge in [-0.15, -0.1) is 0 Å². The summed E-state index contributed by atoms with van der Waals surface area (Å²) in [5.41, 5.74) is 0. The number of nitrogens with zero attached hydrogens (tertiary/aromatic N) is 1. The lowest BCUT2D eigenvalue weighted by Crippen LogP contribution is -2.39. The molecule has 0 aromatic heterocycles. The summed E-state index contributed by atoms with van der Waals surface area (Å²) in [6, 6.07) is 0.741. The minimum absolute atomic E-state index is 0.325. The van der Waals surface area contributed by atoms with E-state index < -0.39 is 0 Å². The first-order valence-electron chi connectivity index (χ1n) is 5.40. The smallest absolute Gasteiger partial charge is 0.224 e. The van der Waals surface area contributed by atoms with Crippen LogP contribution in [0.3, 0.4) is 0 Å². The van der Waals surface area contributed by atoms with Crippen LogP contribution in [0.1, 0.15) is 41.0 Å². The molecule has 0 N–H and O–H groups in total. The van der Waals surface area contributed by atoms with Crippen LogP contribution < -0.4 is 0 Å². The highest BCUT2D eigenvalue weighted by Gasteiger charge is 2.38. The molecule has 1 rings (SSSR count). The fourth-order valence-corrected chi connectivity index (χ4v) is 3.42. The topological polar surface area (TPSA) is 20.3 Å². The molecular weight excluding hydrogens is 194 g/mol. The monoisotopic (exact) mass is 215 g/mol. The van der Waals surface area contributed by atoms with Crippen LogP contribution in [0, 0.1) is 0 Å². The molecule has 1 amide bonds. The maximum Gasteiger partial charge on any atom is 0.224 e. The number of carbonyl (C=O) groups excluding carboxylic acids is 1. The molecular formula is C11H21NOS. The average Bonchev–Trinajstić information content (AvgIpc) is 2.25. The van der Waals surface area contributed by atoms with E-state index in [1.165, 1.54) is 0 Å². The van der Waals surface area contributed by atoms with Gasteiger partial charge >= 0.3 is 0 Å². The van der Waals surface area contributed by atoms with E-state index in [-0.39, 0.29) is 0 Å². The number of amides is 1. The van der Waals surface area contributed by atoms with E-state index in [2.05, 4.69) is 34.6 Å². The van der Waals surface area contributed by atoms with Crippen molar-refractivity contribution in [2.45, 2.75) is 63.6 Å². The first kappa shape index (κ1) is 11.9. The Balaban J connectivity index is 2.64. The number of thioether (sulfide) groups is 1. The third-order valence-corrected chi connectivity index (χ3v) is 4.10. The van der Waals surface area contributed by atoms with Crippen LogP contribution in [0.2, 0.25) is 0 Å². The van der Waals surface area contributed by atoms with Crippen molar-refractivity contribution in [2.75, 3.05) is 0 Å². The maximum absolute atomic E-state index is 11.7. The lowest BCUT2D eigenvalue weighted by atomic mass is 10.2. The molecule has 0 aliphatic carbocycles. The van der Waals surface area contributed by atoms with E-state index in [4.69, 9.17) is 0 Å². The number of carbonyl (C=O) groups is 1. The summed E-state index contributed by atoms with van der Waals surface area (Å²) >= 11 is 1.93. The fraction of sp³-hybridized carbons (Fsp3) is 0.909. The van der Waals surface area contributed by atoms with E-state index in [1.54, 1.807) is 0 Å². The molecule has 0 spiro atoms. The van der Waals surface area contributed by atoms with Crippen molar-refractivity contribution >= 4 is 17.7 Å². The molecule has 2 atom stereocenters. The Morgan fingerprint density at radius 2 is 1.93 bits per heavy atom. The Kier molecular flexibility index (Phi) is 3.87. The van der Waals surface area contributed by atoms with Crippen molar-refractivity contribution in [3.05, 3.63) is 0 Å². The third kappa shape index (κ3) is 2.44. The van der Waals surface area contributed by atoms with Crippen LogP contribution in [0.15, 0.2) is 0 Å². The predicted octanol–water partition coefficient (Wildman–Crippen LogP) is 2.53. The van der Waals surface area contributed by atoms with Gasteiger partial charge in [-0.2, -0.15) is 11.8 Å². The van der Waals surface area contributed by atoms with Crippen molar-refractivity contribution < 1.29 is 4.79 Å². The van der Waals surface area contributed by atoms with Crippen LogP contribution in [0.5, 0.6) is 0 Å². The highest BCUT2D eigenvalue weighted by molar-refractivity contribution is 8.00. The van der Waals surface area contributed by atoms with Crippen LogP contribution in [0.4, 0.5) is 0 Å². The summed E-state index contributed by atoms with van der Waals surface area (Å²) in [4.78, 5) is 13.8. The number of hydrogen-bond donors (Lipinski definition) is 0. The highest BCUT2D eigenvalue weighted by Crippen LogP contribution is 2.33. The molecule has 0 saturated carbocycles. The van der Waals surface area contributed by atoms with Gasteiger partial charge < -0.3 is 4.90 Å². The molecule has 1 saturated heterocycles. The minimum atomic E-state index is 0.325. The standard InChI is InChI=1S/C11H21NOS/c1-7(2)12-9(5)10(6-11(12)13)14-8(3)4/h7-10H,6H2,1-5H3. The lowest BCUT2D eigenvalue weighted by molar-refractivity contribution is -0.130. The van der Waals surface area contributed by atoms with Crippen molar-refractivity contribution in [3.8, 4) is 0 Å². The van der Waals surface area contributed by atoms with E-state index in [1.807, 2.05) is 16.7 Å². The minimum Gasteiger partial charge on any atom is -0.336 e. The van der Waals surface area contributed by atoms with Gasteiger partial charge in [0, 0.05) is 23.8 Å². The quantitative estimate of drug-likeness (QED) is 0.721. The second-order valence-electron chi connectivity index (χ2n) is 4.56. The lowest BCUT2D eigenvalue weighted by Gasteiger charge is -2.28. The first-order chi connectivity index (χ1) is 6.43. The second-order valence-corrected chi connectivity index (χ2v) is 6.38. The molecule has 2 unspecified atom stereocenters. The Morgan fingerprint density at radius 1 is 1.36 bits per heavy atom. The largest absolute Gasteiger partial charge is 0.336 e. The molecule has 82 valence electrons. The van der Waals surface area contributed by atoms with Crippen molar-refractivity contribution in [1.82, 2.24) is 4.90 Å². The summed E-state index contributed by atoms with van der Waals surface area (Å²) in [7, 11) is 0. The van der Waals surface area contributed by atoms with Gasteiger partial charge in [0.05, 0.1) is 0 Å². The van der Waals surface area contributed by atoms with Gasteiger partial charge in [0.2, 0.25) is 5.91 Å². The number of likely N-dealkylation sites (tertiary alicyclic amines) is 1. The van der Waals surface area contributed by atoms with Crippen LogP contribution in [0.25, 0.3) is 0 Å². The molecule has 1 fully saturated rings. The Bertz CT molecular complexity index is 215. The molecule has 1 aliphatic heterocycles. The molecule has 0 radical (unpaired) electrons. The first-order valence-corrected chi connectivity index (χ1v) is 6.34. The number of hydrogen-bond acceptors (Lipinski definition) is 2. The van der Waals surface area contributed by atoms with Crippen molar-refractivity contribution in [3.63, 3.8) is 0 Å². The van der Waals surface area contributed by atoms with E-state index in [0.717, 1.165) is 6.42 Å². The fourth-order valence-electron chi connectivity index (χ4n) is 2.12. The summed E-state index contributed by atoms with van der Waals surface area (Å²) in [6.45, 7) is 10.7. The van der Waals surface area contributed by atoms with Gasteiger partial charge in [-0.25, -0.2) is 0 Å².